The molecule has 3 rings (SSSR count). The zero-order valence-corrected chi connectivity index (χ0v) is 9.91. The average Bonchev–Trinajstić information content (AvgIpc) is 2.75. The van der Waals surface area contributed by atoms with Crippen molar-refractivity contribution in [3.05, 3.63) is 29.7 Å². The molecule has 0 spiro atoms. The lowest BCUT2D eigenvalue weighted by Crippen LogP contribution is -2.15. The van der Waals surface area contributed by atoms with Gasteiger partial charge in [-0.3, -0.25) is 0 Å². The van der Waals surface area contributed by atoms with Gasteiger partial charge in [0.25, 0.3) is 0 Å². The minimum atomic E-state index is 0.609. The molecule has 2 aromatic rings. The van der Waals surface area contributed by atoms with E-state index < -0.39 is 0 Å². The van der Waals surface area contributed by atoms with Gasteiger partial charge in [0.2, 0.25) is 0 Å². The summed E-state index contributed by atoms with van der Waals surface area (Å²) in [6.45, 7) is 5.23. The molecule has 0 radical (unpaired) electrons. The number of benzene rings is 1. The lowest BCUT2D eigenvalue weighted by Gasteiger charge is -2.20. The van der Waals surface area contributed by atoms with Crippen LogP contribution in [0.15, 0.2) is 18.3 Å². The van der Waals surface area contributed by atoms with Gasteiger partial charge in [0, 0.05) is 5.56 Å². The first kappa shape index (κ1) is 10.2. The van der Waals surface area contributed by atoms with Crippen LogP contribution < -0.4 is 9.47 Å². The maximum atomic E-state index is 5.59. The molecule has 17 heavy (non-hydrogen) atoms. The van der Waals surface area contributed by atoms with Gasteiger partial charge in [0.15, 0.2) is 11.5 Å². The molecular weight excluding hydrogens is 216 g/mol. The second kappa shape index (κ2) is 3.80. The van der Waals surface area contributed by atoms with E-state index >= 15 is 0 Å². The first-order valence-electron chi connectivity index (χ1n) is 5.66. The first-order valence-corrected chi connectivity index (χ1v) is 5.66. The van der Waals surface area contributed by atoms with E-state index in [0.717, 1.165) is 34.1 Å². The summed E-state index contributed by atoms with van der Waals surface area (Å²) < 4.78 is 11.1. The smallest absolute Gasteiger partial charge is 0.162 e. The van der Waals surface area contributed by atoms with Crippen LogP contribution in [-0.4, -0.2) is 23.2 Å². The van der Waals surface area contributed by atoms with Crippen LogP contribution in [0.4, 0.5) is 0 Å². The van der Waals surface area contributed by atoms with Crippen LogP contribution in [0.5, 0.6) is 11.5 Å². The summed E-state index contributed by atoms with van der Waals surface area (Å²) in [5, 5.41) is 0. The van der Waals surface area contributed by atoms with Gasteiger partial charge in [-0.1, -0.05) is 0 Å². The molecule has 2 heterocycles. The number of nitrogens with zero attached hydrogens (tertiary/aromatic N) is 1. The minimum absolute atomic E-state index is 0.609. The topological polar surface area (TPSA) is 47.1 Å². The zero-order valence-electron chi connectivity index (χ0n) is 9.91. The molecule has 0 aliphatic carbocycles. The first-order chi connectivity index (χ1) is 8.24. The molecule has 4 nitrogen and oxygen atoms in total. The Kier molecular flexibility index (Phi) is 2.28. The molecule has 4 heteroatoms. The monoisotopic (exact) mass is 230 g/mol. The van der Waals surface area contributed by atoms with Gasteiger partial charge in [0.05, 0.1) is 11.9 Å². The van der Waals surface area contributed by atoms with E-state index in [4.69, 9.17) is 9.47 Å². The van der Waals surface area contributed by atoms with Crippen molar-refractivity contribution in [3.63, 3.8) is 0 Å². The van der Waals surface area contributed by atoms with Crippen LogP contribution in [-0.2, 0) is 0 Å². The van der Waals surface area contributed by atoms with E-state index in [9.17, 15) is 0 Å². The van der Waals surface area contributed by atoms with Crippen LogP contribution >= 0.6 is 0 Å². The zero-order chi connectivity index (χ0) is 11.8. The lowest BCUT2D eigenvalue weighted by atomic mass is 10.1. The van der Waals surface area contributed by atoms with E-state index in [-0.39, 0.29) is 0 Å². The number of ether oxygens (including phenoxy) is 2. The molecule has 1 aliphatic heterocycles. The molecule has 1 aliphatic rings. The van der Waals surface area contributed by atoms with Crippen LogP contribution in [0.2, 0.25) is 0 Å². The van der Waals surface area contributed by atoms with Crippen molar-refractivity contribution in [2.24, 2.45) is 0 Å². The van der Waals surface area contributed by atoms with Crippen molar-refractivity contribution >= 4 is 0 Å². The van der Waals surface area contributed by atoms with Crippen LogP contribution in [0.3, 0.4) is 0 Å². The summed E-state index contributed by atoms with van der Waals surface area (Å²) in [5.74, 6) is 2.55. The summed E-state index contributed by atoms with van der Waals surface area (Å²) in [5.41, 5.74) is 3.27. The number of H-pyrrole nitrogens is 1. The Labute approximate surface area is 99.6 Å². The molecule has 0 amide bonds. The highest BCUT2D eigenvalue weighted by Gasteiger charge is 2.15. The molecular formula is C13H14N2O2. The predicted octanol–water partition coefficient (Wildman–Crippen LogP) is 2.46. The van der Waals surface area contributed by atoms with Gasteiger partial charge in [-0.05, 0) is 31.5 Å². The Morgan fingerprint density at radius 1 is 1.12 bits per heavy atom. The standard InChI is InChI=1S/C13H14N2O2/c1-8-5-12-13(17-4-3-16-12)6-10(8)11-7-14-9(2)15-11/h5-7H,3-4H2,1-2H3,(H,14,15). The molecule has 0 unspecified atom stereocenters. The van der Waals surface area contributed by atoms with E-state index in [1.54, 1.807) is 0 Å². The summed E-state index contributed by atoms with van der Waals surface area (Å²) in [6, 6.07) is 4.02. The van der Waals surface area contributed by atoms with Gasteiger partial charge in [-0.25, -0.2) is 4.98 Å². The van der Waals surface area contributed by atoms with E-state index in [1.165, 1.54) is 0 Å². The summed E-state index contributed by atoms with van der Waals surface area (Å²) >= 11 is 0. The Morgan fingerprint density at radius 3 is 2.47 bits per heavy atom. The third kappa shape index (κ3) is 1.75. The molecule has 0 atom stereocenters. The highest BCUT2D eigenvalue weighted by atomic mass is 16.6. The number of hydrogen-bond donors (Lipinski definition) is 1. The number of fused-ring (bicyclic) bond motifs is 1. The number of hydrogen-bond acceptors (Lipinski definition) is 3. The number of imidazole rings is 1. The van der Waals surface area contributed by atoms with Gasteiger partial charge in [-0.2, -0.15) is 0 Å². The second-order valence-electron chi connectivity index (χ2n) is 4.19. The number of aromatic nitrogens is 2. The molecule has 0 saturated heterocycles. The van der Waals surface area contributed by atoms with Gasteiger partial charge >= 0.3 is 0 Å². The van der Waals surface area contributed by atoms with Crippen molar-refractivity contribution in [2.75, 3.05) is 13.2 Å². The van der Waals surface area contributed by atoms with Crippen molar-refractivity contribution in [2.45, 2.75) is 13.8 Å². The summed E-state index contributed by atoms with van der Waals surface area (Å²) in [6.07, 6.45) is 1.84. The van der Waals surface area contributed by atoms with E-state index in [1.807, 2.05) is 25.3 Å². The van der Waals surface area contributed by atoms with Gasteiger partial charge < -0.3 is 14.5 Å². The Balaban J connectivity index is 2.11. The molecule has 1 aromatic carbocycles. The molecule has 0 fully saturated rings. The SMILES string of the molecule is Cc1ncc(-c2cc3c(cc2C)OCCO3)[nH]1. The average molecular weight is 230 g/mol. The normalized spacial score (nSPS) is 13.8. The summed E-state index contributed by atoms with van der Waals surface area (Å²) in [4.78, 5) is 7.45. The Bertz CT molecular complexity index is 561. The highest BCUT2D eigenvalue weighted by Crippen LogP contribution is 2.36. The third-order valence-electron chi connectivity index (χ3n) is 2.88. The molecule has 88 valence electrons. The van der Waals surface area contributed by atoms with E-state index in [2.05, 4.69) is 16.9 Å². The summed E-state index contributed by atoms with van der Waals surface area (Å²) in [7, 11) is 0. The highest BCUT2D eigenvalue weighted by molar-refractivity contribution is 5.68. The molecule has 1 N–H and O–H groups in total. The molecule has 0 bridgehead atoms. The van der Waals surface area contributed by atoms with Crippen LogP contribution in [0, 0.1) is 13.8 Å². The number of aryl methyl sites for hydroxylation is 2. The van der Waals surface area contributed by atoms with E-state index in [0.29, 0.717) is 13.2 Å². The quantitative estimate of drug-likeness (QED) is 0.818. The maximum absolute atomic E-state index is 5.59. The fourth-order valence-corrected chi connectivity index (χ4v) is 2.04. The number of nitrogens with one attached hydrogen (secondary N) is 1. The molecule has 1 aromatic heterocycles. The van der Waals surface area contributed by atoms with Crippen molar-refractivity contribution < 1.29 is 9.47 Å². The van der Waals surface area contributed by atoms with Gasteiger partial charge in [0.1, 0.15) is 19.0 Å². The number of rotatable bonds is 1. The van der Waals surface area contributed by atoms with Gasteiger partial charge in [-0.15, -0.1) is 0 Å². The second-order valence-corrected chi connectivity index (χ2v) is 4.19. The third-order valence-corrected chi connectivity index (χ3v) is 2.88. The maximum Gasteiger partial charge on any atom is 0.162 e. The fourth-order valence-electron chi connectivity index (χ4n) is 2.04. The Hall–Kier alpha value is -1.97. The van der Waals surface area contributed by atoms with Crippen molar-refractivity contribution in [1.29, 1.82) is 0 Å². The molecule has 0 saturated carbocycles. The largest absolute Gasteiger partial charge is 0.486 e. The van der Waals surface area contributed by atoms with Crippen molar-refractivity contribution in [1.82, 2.24) is 9.97 Å². The lowest BCUT2D eigenvalue weighted by molar-refractivity contribution is 0.171. The van der Waals surface area contributed by atoms with Crippen LogP contribution in [0.25, 0.3) is 11.3 Å². The van der Waals surface area contributed by atoms with Crippen molar-refractivity contribution in [3.8, 4) is 22.8 Å². The minimum Gasteiger partial charge on any atom is -0.486 e. The Morgan fingerprint density at radius 2 is 1.82 bits per heavy atom. The number of aromatic amines is 1. The predicted molar refractivity (Wildman–Crippen MR) is 64.5 cm³/mol. The fraction of sp³-hybridized carbons (Fsp3) is 0.308. The van der Waals surface area contributed by atoms with Crippen LogP contribution in [0.1, 0.15) is 11.4 Å².